The van der Waals surface area contributed by atoms with Crippen molar-refractivity contribution in [3.8, 4) is 0 Å². The molecule has 1 heterocycles. The van der Waals surface area contributed by atoms with Crippen LogP contribution in [0.2, 0.25) is 10.0 Å². The van der Waals surface area contributed by atoms with E-state index in [9.17, 15) is 0 Å². The van der Waals surface area contributed by atoms with Crippen LogP contribution in [0.15, 0.2) is 17.1 Å². The molecule has 0 saturated carbocycles. The number of nitrogens with zero attached hydrogens (tertiary/aromatic N) is 1. The smallest absolute Gasteiger partial charge is 0.152 e. The first-order chi connectivity index (χ1) is 5.68. The number of fused-ring (bicyclic) bond motifs is 1. The number of hydrogen-bond acceptors (Lipinski definition) is 1. The van der Waals surface area contributed by atoms with Gasteiger partial charge in [0.05, 0.1) is 10.0 Å². The van der Waals surface area contributed by atoms with Crippen LogP contribution in [0.1, 0.15) is 11.1 Å². The molecule has 1 aliphatic rings. The minimum absolute atomic E-state index is 0.239. The predicted octanol–water partition coefficient (Wildman–Crippen LogP) is 2.75. The zero-order chi connectivity index (χ0) is 8.72. The maximum absolute atomic E-state index is 7.40. The molecule has 2 rings (SSSR count). The quantitative estimate of drug-likeness (QED) is 0.666. The van der Waals surface area contributed by atoms with Crippen molar-refractivity contribution in [2.45, 2.75) is 0 Å². The van der Waals surface area contributed by atoms with Gasteiger partial charge in [-0.3, -0.25) is 5.41 Å². The summed E-state index contributed by atoms with van der Waals surface area (Å²) >= 11 is 11.5. The first-order valence-electron chi connectivity index (χ1n) is 3.30. The number of halogens is 2. The zero-order valence-corrected chi connectivity index (χ0v) is 7.45. The van der Waals surface area contributed by atoms with Gasteiger partial charge < -0.3 is 0 Å². The monoisotopic (exact) mass is 198 g/mol. The lowest BCUT2D eigenvalue weighted by molar-refractivity contribution is 1.45. The molecule has 1 aromatic carbocycles. The minimum Gasteiger partial charge on any atom is -0.282 e. The van der Waals surface area contributed by atoms with Crippen molar-refractivity contribution in [1.29, 1.82) is 5.41 Å². The molecule has 4 heteroatoms. The van der Waals surface area contributed by atoms with Crippen LogP contribution in [0.4, 0.5) is 0 Å². The van der Waals surface area contributed by atoms with Gasteiger partial charge in [-0.25, -0.2) is 4.99 Å². The number of nitrogens with one attached hydrogen (secondary N) is 1. The fourth-order valence-electron chi connectivity index (χ4n) is 1.08. The molecular formula is C8H4Cl2N2. The summed E-state index contributed by atoms with van der Waals surface area (Å²) in [7, 11) is 0. The third kappa shape index (κ3) is 1.04. The van der Waals surface area contributed by atoms with Gasteiger partial charge in [-0.05, 0) is 12.1 Å². The van der Waals surface area contributed by atoms with Gasteiger partial charge >= 0.3 is 0 Å². The van der Waals surface area contributed by atoms with Crippen LogP contribution in [0.5, 0.6) is 0 Å². The molecule has 60 valence electrons. The van der Waals surface area contributed by atoms with Crippen LogP contribution in [0, 0.1) is 5.41 Å². The van der Waals surface area contributed by atoms with E-state index >= 15 is 0 Å². The van der Waals surface area contributed by atoms with E-state index in [4.69, 9.17) is 28.6 Å². The summed E-state index contributed by atoms with van der Waals surface area (Å²) in [5.41, 5.74) is 1.60. The lowest BCUT2D eigenvalue weighted by atomic mass is 10.1. The van der Waals surface area contributed by atoms with Crippen molar-refractivity contribution in [2.24, 2.45) is 4.99 Å². The first kappa shape index (κ1) is 7.77. The highest BCUT2D eigenvalue weighted by Crippen LogP contribution is 2.27. The number of rotatable bonds is 0. The highest BCUT2D eigenvalue weighted by Gasteiger charge is 2.13. The lowest BCUT2D eigenvalue weighted by Gasteiger charge is -1.99. The van der Waals surface area contributed by atoms with Gasteiger partial charge in [-0.1, -0.05) is 23.2 Å². The standard InChI is InChI=1S/C8H4Cl2N2/c9-6-1-4-3-12-8(11)5(4)2-7(6)10/h1-3,11H. The first-order valence-corrected chi connectivity index (χ1v) is 4.06. The Morgan fingerprint density at radius 2 is 1.83 bits per heavy atom. The Morgan fingerprint density at radius 3 is 2.58 bits per heavy atom. The summed E-state index contributed by atoms with van der Waals surface area (Å²) in [5.74, 6) is 0.239. The van der Waals surface area contributed by atoms with Gasteiger partial charge in [-0.2, -0.15) is 0 Å². The molecule has 1 N–H and O–H groups in total. The van der Waals surface area contributed by atoms with E-state index in [2.05, 4.69) is 4.99 Å². The largest absolute Gasteiger partial charge is 0.282 e. The molecule has 0 bridgehead atoms. The lowest BCUT2D eigenvalue weighted by Crippen LogP contribution is -1.91. The molecule has 2 nitrogen and oxygen atoms in total. The van der Waals surface area contributed by atoms with Crippen LogP contribution in [-0.4, -0.2) is 12.1 Å². The van der Waals surface area contributed by atoms with Crippen molar-refractivity contribution in [2.75, 3.05) is 0 Å². The third-order valence-electron chi connectivity index (χ3n) is 1.68. The number of hydrogen-bond donors (Lipinski definition) is 1. The summed E-state index contributed by atoms with van der Waals surface area (Å²) < 4.78 is 0. The fourth-order valence-corrected chi connectivity index (χ4v) is 1.41. The maximum atomic E-state index is 7.40. The molecule has 0 amide bonds. The van der Waals surface area contributed by atoms with E-state index in [1.165, 1.54) is 0 Å². The summed E-state index contributed by atoms with van der Waals surface area (Å²) in [6, 6.07) is 3.37. The topological polar surface area (TPSA) is 36.2 Å². The maximum Gasteiger partial charge on any atom is 0.152 e. The van der Waals surface area contributed by atoms with Gasteiger partial charge in [0.1, 0.15) is 0 Å². The second-order valence-electron chi connectivity index (χ2n) is 2.46. The average molecular weight is 199 g/mol. The molecule has 0 radical (unpaired) electrons. The van der Waals surface area contributed by atoms with Gasteiger partial charge in [0.15, 0.2) is 5.84 Å². The van der Waals surface area contributed by atoms with Gasteiger partial charge in [0, 0.05) is 17.3 Å². The van der Waals surface area contributed by atoms with Gasteiger partial charge in [-0.15, -0.1) is 0 Å². The summed E-state index contributed by atoms with van der Waals surface area (Å²) in [4.78, 5) is 3.83. The molecule has 0 spiro atoms. The molecule has 12 heavy (non-hydrogen) atoms. The Kier molecular flexibility index (Phi) is 1.67. The molecule has 0 saturated heterocycles. The molecule has 1 aromatic rings. The third-order valence-corrected chi connectivity index (χ3v) is 2.40. The minimum atomic E-state index is 0.239. The number of amidine groups is 1. The number of aliphatic imine (C=N–C) groups is 1. The van der Waals surface area contributed by atoms with E-state index in [-0.39, 0.29) is 5.84 Å². The summed E-state index contributed by atoms with van der Waals surface area (Å²) in [5, 5.41) is 8.36. The molecule has 1 aliphatic heterocycles. The summed E-state index contributed by atoms with van der Waals surface area (Å²) in [6.07, 6.45) is 1.61. The van der Waals surface area contributed by atoms with E-state index < -0.39 is 0 Å². The molecule has 0 fully saturated rings. The molecule has 0 aliphatic carbocycles. The van der Waals surface area contributed by atoms with Crippen molar-refractivity contribution in [1.82, 2.24) is 0 Å². The van der Waals surface area contributed by atoms with Crippen molar-refractivity contribution < 1.29 is 0 Å². The van der Waals surface area contributed by atoms with Crippen LogP contribution in [-0.2, 0) is 0 Å². The van der Waals surface area contributed by atoms with Gasteiger partial charge in [0.25, 0.3) is 0 Å². The Balaban J connectivity index is 2.69. The van der Waals surface area contributed by atoms with Crippen LogP contribution < -0.4 is 0 Å². The second kappa shape index (κ2) is 2.57. The Bertz CT molecular complexity index is 396. The molecule has 0 aromatic heterocycles. The normalized spacial score (nSPS) is 13.7. The van der Waals surface area contributed by atoms with Crippen LogP contribution >= 0.6 is 23.2 Å². The highest BCUT2D eigenvalue weighted by atomic mass is 35.5. The predicted molar refractivity (Wildman–Crippen MR) is 50.9 cm³/mol. The van der Waals surface area contributed by atoms with Crippen LogP contribution in [0.25, 0.3) is 0 Å². The zero-order valence-electron chi connectivity index (χ0n) is 5.94. The Hall–Kier alpha value is -0.860. The summed E-state index contributed by atoms with van der Waals surface area (Å²) in [6.45, 7) is 0. The fraction of sp³-hybridized carbons (Fsp3) is 0. The van der Waals surface area contributed by atoms with Crippen molar-refractivity contribution in [3.05, 3.63) is 33.3 Å². The second-order valence-corrected chi connectivity index (χ2v) is 3.27. The number of benzene rings is 1. The Labute approximate surface area is 79.3 Å². The molecule has 0 unspecified atom stereocenters. The van der Waals surface area contributed by atoms with E-state index in [1.54, 1.807) is 18.3 Å². The Morgan fingerprint density at radius 1 is 1.17 bits per heavy atom. The highest BCUT2D eigenvalue weighted by molar-refractivity contribution is 6.42. The van der Waals surface area contributed by atoms with Crippen molar-refractivity contribution >= 4 is 35.3 Å². The molecule has 0 atom stereocenters. The van der Waals surface area contributed by atoms with E-state index in [0.717, 1.165) is 11.1 Å². The average Bonchev–Trinajstić information content (AvgIpc) is 2.35. The van der Waals surface area contributed by atoms with E-state index in [0.29, 0.717) is 10.0 Å². The SMILES string of the molecule is N=C1N=Cc2cc(Cl)c(Cl)cc21. The van der Waals surface area contributed by atoms with Crippen LogP contribution in [0.3, 0.4) is 0 Å². The molecular weight excluding hydrogens is 195 g/mol. The van der Waals surface area contributed by atoms with Crippen molar-refractivity contribution in [3.63, 3.8) is 0 Å². The van der Waals surface area contributed by atoms with Gasteiger partial charge in [0.2, 0.25) is 0 Å². The van der Waals surface area contributed by atoms with E-state index in [1.807, 2.05) is 0 Å².